The zero-order valence-corrected chi connectivity index (χ0v) is 15.1. The summed E-state index contributed by atoms with van der Waals surface area (Å²) in [7, 11) is 1.68. The molecular weight excluding hydrogens is 328 g/mol. The van der Waals surface area contributed by atoms with Crippen molar-refractivity contribution in [1.82, 2.24) is 10.2 Å². The molecule has 0 radical (unpaired) electrons. The van der Waals surface area contributed by atoms with E-state index in [1.165, 1.54) is 15.3 Å². The van der Waals surface area contributed by atoms with Crippen molar-refractivity contribution in [3.63, 3.8) is 0 Å². The molecule has 122 valence electrons. The van der Waals surface area contributed by atoms with Crippen LogP contribution in [0, 0.1) is 6.92 Å². The first-order valence-corrected chi connectivity index (χ1v) is 9.12. The van der Waals surface area contributed by atoms with Gasteiger partial charge < -0.3 is 15.8 Å². The highest BCUT2D eigenvalue weighted by Crippen LogP contribution is 2.35. The average Bonchev–Trinajstić information content (AvgIpc) is 3.11. The highest BCUT2D eigenvalue weighted by atomic mass is 32.1. The van der Waals surface area contributed by atoms with Crippen molar-refractivity contribution in [3.05, 3.63) is 33.0 Å². The van der Waals surface area contributed by atoms with Crippen molar-refractivity contribution in [2.24, 2.45) is 5.73 Å². The van der Waals surface area contributed by atoms with Gasteiger partial charge in [-0.1, -0.05) is 0 Å². The summed E-state index contributed by atoms with van der Waals surface area (Å²) in [6, 6.07) is 2.19. The Morgan fingerprint density at radius 1 is 1.43 bits per heavy atom. The second-order valence-electron chi connectivity index (χ2n) is 5.57. The Kier molecular flexibility index (Phi) is 4.79. The molecule has 5 nitrogen and oxygen atoms in total. The van der Waals surface area contributed by atoms with E-state index in [9.17, 15) is 0 Å². The molecule has 0 aromatic carbocycles. The summed E-state index contributed by atoms with van der Waals surface area (Å²) in [6.45, 7) is 4.87. The van der Waals surface area contributed by atoms with Crippen LogP contribution in [0.1, 0.15) is 22.2 Å². The fourth-order valence-electron chi connectivity index (χ4n) is 2.41. The lowest BCUT2D eigenvalue weighted by Crippen LogP contribution is -2.17. The van der Waals surface area contributed by atoms with E-state index in [-0.39, 0.29) is 6.04 Å². The van der Waals surface area contributed by atoms with Crippen LogP contribution in [0.3, 0.4) is 0 Å². The van der Waals surface area contributed by atoms with E-state index >= 15 is 0 Å². The van der Waals surface area contributed by atoms with Gasteiger partial charge in [0.2, 0.25) is 0 Å². The molecule has 7 heteroatoms. The molecule has 0 saturated heterocycles. The van der Waals surface area contributed by atoms with Crippen LogP contribution < -0.4 is 15.8 Å². The standard InChI is InChI=1S/C16H20N4OS2/c1-9(17)4-14-10(2)15-16(23-14)13(7-19-20-15)18-6-12-5-11(21-3)8-22-12/h5,7-9H,4,6,17H2,1-3H3,(H,18,20)/t9-/m0/s1. The number of thiophene rings is 2. The van der Waals surface area contributed by atoms with Crippen molar-refractivity contribution in [2.45, 2.75) is 32.9 Å². The maximum atomic E-state index is 5.95. The van der Waals surface area contributed by atoms with Gasteiger partial charge in [-0.15, -0.1) is 27.8 Å². The first-order chi connectivity index (χ1) is 11.1. The molecule has 0 aliphatic rings. The third-order valence-electron chi connectivity index (χ3n) is 3.63. The van der Waals surface area contributed by atoms with Crippen molar-refractivity contribution < 1.29 is 4.74 Å². The van der Waals surface area contributed by atoms with Gasteiger partial charge in [-0.25, -0.2) is 0 Å². The quantitative estimate of drug-likeness (QED) is 0.712. The number of nitrogens with one attached hydrogen (secondary N) is 1. The Balaban J connectivity index is 1.85. The number of nitrogens with zero attached hydrogens (tertiary/aromatic N) is 2. The fraction of sp³-hybridized carbons (Fsp3) is 0.375. The van der Waals surface area contributed by atoms with E-state index in [0.29, 0.717) is 0 Å². The number of aromatic nitrogens is 2. The molecule has 0 amide bonds. The largest absolute Gasteiger partial charge is 0.496 e. The minimum Gasteiger partial charge on any atom is -0.496 e. The molecule has 0 fully saturated rings. The molecule has 0 spiro atoms. The summed E-state index contributed by atoms with van der Waals surface area (Å²) in [4.78, 5) is 2.51. The lowest BCUT2D eigenvalue weighted by molar-refractivity contribution is 0.416. The SMILES string of the molecule is COc1csc(CNc2cnnc3c(C)c(C[C@H](C)N)sc23)c1. The summed E-state index contributed by atoms with van der Waals surface area (Å²) in [6.07, 6.45) is 2.66. The van der Waals surface area contributed by atoms with Crippen LogP contribution in [0.2, 0.25) is 0 Å². The lowest BCUT2D eigenvalue weighted by atomic mass is 10.1. The molecule has 0 saturated carbocycles. The van der Waals surface area contributed by atoms with Crippen LogP contribution in [0.5, 0.6) is 5.75 Å². The number of rotatable bonds is 6. The van der Waals surface area contributed by atoms with Crippen LogP contribution in [0.4, 0.5) is 5.69 Å². The number of anilines is 1. The van der Waals surface area contributed by atoms with Gasteiger partial charge in [0.1, 0.15) is 11.3 Å². The number of hydrogen-bond acceptors (Lipinski definition) is 7. The van der Waals surface area contributed by atoms with E-state index in [1.54, 1.807) is 36.0 Å². The normalized spacial score (nSPS) is 12.5. The number of nitrogens with two attached hydrogens (primary N) is 1. The molecule has 3 rings (SSSR count). The van der Waals surface area contributed by atoms with Crippen molar-refractivity contribution in [2.75, 3.05) is 12.4 Å². The Labute approximate surface area is 143 Å². The smallest absolute Gasteiger partial charge is 0.129 e. The van der Waals surface area contributed by atoms with E-state index in [2.05, 4.69) is 22.4 Å². The van der Waals surface area contributed by atoms with Crippen molar-refractivity contribution >= 4 is 38.6 Å². The Bertz CT molecular complexity index is 810. The number of aryl methyl sites for hydroxylation is 1. The predicted molar refractivity (Wildman–Crippen MR) is 97.7 cm³/mol. The molecule has 3 heterocycles. The minimum absolute atomic E-state index is 0.143. The first-order valence-electron chi connectivity index (χ1n) is 7.43. The molecule has 23 heavy (non-hydrogen) atoms. The second-order valence-corrected chi connectivity index (χ2v) is 7.67. The topological polar surface area (TPSA) is 73.1 Å². The number of ether oxygens (including phenoxy) is 1. The van der Waals surface area contributed by atoms with Gasteiger partial charge in [0, 0.05) is 27.7 Å². The van der Waals surface area contributed by atoms with Crippen molar-refractivity contribution in [3.8, 4) is 5.75 Å². The second kappa shape index (κ2) is 6.82. The minimum atomic E-state index is 0.143. The third kappa shape index (κ3) is 3.46. The Morgan fingerprint density at radius 3 is 2.96 bits per heavy atom. The van der Waals surface area contributed by atoms with Gasteiger partial charge in [0.15, 0.2) is 0 Å². The molecule has 3 aromatic rings. The summed E-state index contributed by atoms with van der Waals surface area (Å²) < 4.78 is 6.37. The molecule has 0 unspecified atom stereocenters. The number of fused-ring (bicyclic) bond motifs is 1. The summed E-state index contributed by atoms with van der Waals surface area (Å²) in [5.74, 6) is 0.899. The number of methoxy groups -OCH3 is 1. The molecule has 1 atom stereocenters. The van der Waals surface area contributed by atoms with Gasteiger partial charge >= 0.3 is 0 Å². The van der Waals surface area contributed by atoms with Gasteiger partial charge in [-0.2, -0.15) is 5.10 Å². The van der Waals surface area contributed by atoms with Gasteiger partial charge in [-0.3, -0.25) is 0 Å². The predicted octanol–water partition coefficient (Wildman–Crippen LogP) is 3.57. The summed E-state index contributed by atoms with van der Waals surface area (Å²) >= 11 is 3.44. The Hall–Kier alpha value is -1.70. The number of hydrogen-bond donors (Lipinski definition) is 2. The maximum Gasteiger partial charge on any atom is 0.129 e. The summed E-state index contributed by atoms with van der Waals surface area (Å²) in [5, 5.41) is 13.9. The Morgan fingerprint density at radius 2 is 2.26 bits per heavy atom. The van der Waals surface area contributed by atoms with Crippen LogP contribution in [0.15, 0.2) is 17.6 Å². The molecule has 0 bridgehead atoms. The van der Waals surface area contributed by atoms with E-state index in [1.807, 2.05) is 18.4 Å². The van der Waals surface area contributed by atoms with E-state index in [0.717, 1.165) is 34.6 Å². The zero-order chi connectivity index (χ0) is 16.4. The summed E-state index contributed by atoms with van der Waals surface area (Å²) in [5.41, 5.74) is 9.13. The molecule has 0 aliphatic carbocycles. The van der Waals surface area contributed by atoms with E-state index < -0.39 is 0 Å². The van der Waals surface area contributed by atoms with Crippen LogP contribution in [-0.2, 0) is 13.0 Å². The van der Waals surface area contributed by atoms with Gasteiger partial charge in [0.05, 0.1) is 23.7 Å². The van der Waals surface area contributed by atoms with Crippen molar-refractivity contribution in [1.29, 1.82) is 0 Å². The molecule has 3 N–H and O–H groups in total. The maximum absolute atomic E-state index is 5.95. The van der Waals surface area contributed by atoms with Crippen LogP contribution in [-0.4, -0.2) is 23.3 Å². The molecule has 0 aliphatic heterocycles. The van der Waals surface area contributed by atoms with E-state index in [4.69, 9.17) is 10.5 Å². The lowest BCUT2D eigenvalue weighted by Gasteiger charge is -2.04. The van der Waals surface area contributed by atoms with Gasteiger partial charge in [-0.05, 0) is 31.9 Å². The first kappa shape index (κ1) is 16.2. The van der Waals surface area contributed by atoms with Gasteiger partial charge in [0.25, 0.3) is 0 Å². The highest BCUT2D eigenvalue weighted by molar-refractivity contribution is 7.19. The third-order valence-corrected chi connectivity index (χ3v) is 5.88. The monoisotopic (exact) mass is 348 g/mol. The average molecular weight is 348 g/mol. The molecular formula is C16H20N4OS2. The highest BCUT2D eigenvalue weighted by Gasteiger charge is 2.14. The van der Waals surface area contributed by atoms with Crippen LogP contribution >= 0.6 is 22.7 Å². The zero-order valence-electron chi connectivity index (χ0n) is 13.4. The molecule has 3 aromatic heterocycles. The fourth-order valence-corrected chi connectivity index (χ4v) is 4.55. The van der Waals surface area contributed by atoms with Crippen LogP contribution in [0.25, 0.3) is 10.2 Å².